The molecule has 0 atom stereocenters. The second-order valence-corrected chi connectivity index (χ2v) is 8.06. The van der Waals surface area contributed by atoms with Crippen LogP contribution in [0.5, 0.6) is 0 Å². The molecule has 0 radical (unpaired) electrons. The fourth-order valence-corrected chi connectivity index (χ4v) is 4.76. The van der Waals surface area contributed by atoms with Gasteiger partial charge in [-0.15, -0.1) is 0 Å². The summed E-state index contributed by atoms with van der Waals surface area (Å²) in [5, 5.41) is 0. The van der Waals surface area contributed by atoms with E-state index in [4.69, 9.17) is 11.5 Å². The van der Waals surface area contributed by atoms with Crippen molar-refractivity contribution in [1.29, 1.82) is 0 Å². The SMILES string of the molecule is NC1(N)C=CC(S(=O)(=O)O)=C(S(=O)(=O)c2ccccc2)C1. The van der Waals surface area contributed by atoms with Crippen molar-refractivity contribution in [3.8, 4) is 0 Å². The van der Waals surface area contributed by atoms with Gasteiger partial charge in [0, 0.05) is 6.42 Å². The van der Waals surface area contributed by atoms with E-state index in [1.807, 2.05) is 0 Å². The summed E-state index contributed by atoms with van der Waals surface area (Å²) in [5.74, 6) is 0. The van der Waals surface area contributed by atoms with Crippen LogP contribution in [0.3, 0.4) is 0 Å². The quantitative estimate of drug-likeness (QED) is 0.528. The van der Waals surface area contributed by atoms with Crippen molar-refractivity contribution in [2.24, 2.45) is 11.5 Å². The molecular weight excluding hydrogens is 316 g/mol. The molecule has 7 nitrogen and oxygen atoms in total. The zero-order valence-electron chi connectivity index (χ0n) is 10.8. The molecule has 0 aromatic heterocycles. The van der Waals surface area contributed by atoms with E-state index in [0.29, 0.717) is 0 Å². The Balaban J connectivity index is 2.73. The van der Waals surface area contributed by atoms with Crippen molar-refractivity contribution in [3.63, 3.8) is 0 Å². The molecule has 1 aliphatic carbocycles. The molecule has 0 saturated carbocycles. The summed E-state index contributed by atoms with van der Waals surface area (Å²) in [6.45, 7) is 0. The number of nitrogens with two attached hydrogens (primary N) is 2. The molecule has 0 fully saturated rings. The van der Waals surface area contributed by atoms with E-state index in [2.05, 4.69) is 0 Å². The predicted molar refractivity (Wildman–Crippen MR) is 77.1 cm³/mol. The number of sulfone groups is 1. The van der Waals surface area contributed by atoms with E-state index in [1.165, 1.54) is 24.3 Å². The first-order valence-corrected chi connectivity index (χ1v) is 8.74. The number of hydrogen-bond donors (Lipinski definition) is 3. The van der Waals surface area contributed by atoms with Crippen LogP contribution in [0.2, 0.25) is 0 Å². The van der Waals surface area contributed by atoms with Crippen LogP contribution in [0.25, 0.3) is 0 Å². The summed E-state index contributed by atoms with van der Waals surface area (Å²) < 4.78 is 57.1. The number of allylic oxidation sites excluding steroid dienone is 1. The molecule has 5 N–H and O–H groups in total. The summed E-state index contributed by atoms with van der Waals surface area (Å²) in [7, 11) is -8.85. The highest BCUT2D eigenvalue weighted by Crippen LogP contribution is 2.33. The molecular formula is C12H14N2O5S2. The predicted octanol–water partition coefficient (Wildman–Crippen LogP) is 0.133. The van der Waals surface area contributed by atoms with Gasteiger partial charge in [-0.3, -0.25) is 4.55 Å². The van der Waals surface area contributed by atoms with Gasteiger partial charge < -0.3 is 11.5 Å². The lowest BCUT2D eigenvalue weighted by Gasteiger charge is -2.26. The standard InChI is InChI=1S/C12H14N2O5S2/c13-12(14)7-6-10(21(17,18)19)11(8-12)20(15,16)9-4-2-1-3-5-9/h1-7H,8,13-14H2,(H,17,18,19). The summed E-state index contributed by atoms with van der Waals surface area (Å²) in [6, 6.07) is 7.25. The van der Waals surface area contributed by atoms with Crippen LogP contribution in [0, 0.1) is 0 Å². The minimum Gasteiger partial charge on any atom is -0.310 e. The first-order chi connectivity index (χ1) is 9.54. The van der Waals surface area contributed by atoms with Crippen LogP contribution in [-0.4, -0.2) is 27.1 Å². The lowest BCUT2D eigenvalue weighted by Crippen LogP contribution is -2.49. The molecule has 0 spiro atoms. The first-order valence-electron chi connectivity index (χ1n) is 5.82. The van der Waals surface area contributed by atoms with Crippen molar-refractivity contribution in [1.82, 2.24) is 0 Å². The van der Waals surface area contributed by atoms with Crippen molar-refractivity contribution in [3.05, 3.63) is 52.3 Å². The van der Waals surface area contributed by atoms with Gasteiger partial charge in [0.25, 0.3) is 10.1 Å². The Morgan fingerprint density at radius 2 is 1.62 bits per heavy atom. The first kappa shape index (κ1) is 15.9. The number of hydrogen-bond acceptors (Lipinski definition) is 6. The van der Waals surface area contributed by atoms with Gasteiger partial charge in [-0.2, -0.15) is 8.42 Å². The Kier molecular flexibility index (Phi) is 3.80. The Bertz CT molecular complexity index is 822. The fourth-order valence-electron chi connectivity index (χ4n) is 1.95. The molecule has 2 rings (SSSR count). The van der Waals surface area contributed by atoms with Crippen LogP contribution in [0.1, 0.15) is 6.42 Å². The summed E-state index contributed by atoms with van der Waals surface area (Å²) in [4.78, 5) is -1.34. The minimum atomic E-state index is -4.71. The maximum absolute atomic E-state index is 12.6. The summed E-state index contributed by atoms with van der Waals surface area (Å²) >= 11 is 0. The maximum Gasteiger partial charge on any atom is 0.295 e. The van der Waals surface area contributed by atoms with Gasteiger partial charge in [-0.1, -0.05) is 18.2 Å². The van der Waals surface area contributed by atoms with E-state index in [9.17, 15) is 21.4 Å². The molecule has 0 bridgehead atoms. The molecule has 0 aliphatic heterocycles. The lowest BCUT2D eigenvalue weighted by atomic mass is 10.0. The van der Waals surface area contributed by atoms with E-state index >= 15 is 0 Å². The zero-order valence-corrected chi connectivity index (χ0v) is 12.4. The van der Waals surface area contributed by atoms with Gasteiger partial charge in [-0.05, 0) is 24.3 Å². The smallest absolute Gasteiger partial charge is 0.295 e. The van der Waals surface area contributed by atoms with Crippen LogP contribution < -0.4 is 11.5 Å². The van der Waals surface area contributed by atoms with Crippen molar-refractivity contribution < 1.29 is 21.4 Å². The molecule has 0 saturated heterocycles. The Hall–Kier alpha value is -1.52. The van der Waals surface area contributed by atoms with E-state index in [0.717, 1.165) is 12.2 Å². The van der Waals surface area contributed by atoms with Gasteiger partial charge >= 0.3 is 0 Å². The summed E-state index contributed by atoms with van der Waals surface area (Å²) in [6.07, 6.45) is 1.62. The van der Waals surface area contributed by atoms with E-state index < -0.39 is 41.8 Å². The Morgan fingerprint density at radius 1 is 1.05 bits per heavy atom. The largest absolute Gasteiger partial charge is 0.310 e. The van der Waals surface area contributed by atoms with Crippen LogP contribution >= 0.6 is 0 Å². The topological polar surface area (TPSA) is 141 Å². The molecule has 114 valence electrons. The molecule has 0 heterocycles. The number of rotatable bonds is 3. The average Bonchev–Trinajstić information content (AvgIpc) is 2.37. The normalized spacial score (nSPS) is 18.8. The minimum absolute atomic E-state index is 0.104. The fraction of sp³-hybridized carbons (Fsp3) is 0.167. The van der Waals surface area contributed by atoms with Crippen LogP contribution in [0.15, 0.2) is 57.2 Å². The monoisotopic (exact) mass is 330 g/mol. The highest BCUT2D eigenvalue weighted by atomic mass is 32.2. The Labute approximate surface area is 122 Å². The molecule has 0 unspecified atom stereocenters. The Morgan fingerprint density at radius 3 is 2.14 bits per heavy atom. The van der Waals surface area contributed by atoms with Crippen molar-refractivity contribution >= 4 is 20.0 Å². The molecule has 0 amide bonds. The third-order valence-corrected chi connectivity index (χ3v) is 5.92. The lowest BCUT2D eigenvalue weighted by molar-refractivity contribution is 0.488. The van der Waals surface area contributed by atoms with Gasteiger partial charge in [0.2, 0.25) is 9.84 Å². The second-order valence-electron chi connectivity index (χ2n) is 4.70. The molecule has 1 aliphatic rings. The molecule has 9 heteroatoms. The molecule has 1 aromatic rings. The van der Waals surface area contributed by atoms with Gasteiger partial charge in [-0.25, -0.2) is 8.42 Å². The number of benzene rings is 1. The second kappa shape index (κ2) is 5.04. The third-order valence-electron chi connectivity index (χ3n) is 2.94. The van der Waals surface area contributed by atoms with Gasteiger partial charge in [0.1, 0.15) is 4.91 Å². The average molecular weight is 330 g/mol. The van der Waals surface area contributed by atoms with Gasteiger partial charge in [0.05, 0.1) is 15.5 Å². The molecule has 21 heavy (non-hydrogen) atoms. The maximum atomic E-state index is 12.6. The van der Waals surface area contributed by atoms with E-state index in [1.54, 1.807) is 6.07 Å². The van der Waals surface area contributed by atoms with Crippen LogP contribution in [0.4, 0.5) is 0 Å². The van der Waals surface area contributed by atoms with Crippen LogP contribution in [-0.2, 0) is 20.0 Å². The molecule has 1 aromatic carbocycles. The van der Waals surface area contributed by atoms with Crippen molar-refractivity contribution in [2.75, 3.05) is 0 Å². The van der Waals surface area contributed by atoms with Gasteiger partial charge in [0.15, 0.2) is 0 Å². The summed E-state index contributed by atoms with van der Waals surface area (Å²) in [5.41, 5.74) is 9.82. The van der Waals surface area contributed by atoms with Crippen molar-refractivity contribution in [2.45, 2.75) is 17.0 Å². The third kappa shape index (κ3) is 3.22. The zero-order chi connectivity index (χ0) is 15.9. The highest BCUT2D eigenvalue weighted by molar-refractivity contribution is 7.97. The van der Waals surface area contributed by atoms with E-state index in [-0.39, 0.29) is 4.90 Å². The highest BCUT2D eigenvalue weighted by Gasteiger charge is 2.36.